The first-order valence-electron chi connectivity index (χ1n) is 7.95. The molecule has 0 aliphatic rings. The third-order valence-electron chi connectivity index (χ3n) is 3.59. The number of rotatable bonds is 10. The fourth-order valence-electron chi connectivity index (χ4n) is 2.03. The summed E-state index contributed by atoms with van der Waals surface area (Å²) in [4.78, 5) is 11.8. The highest BCUT2D eigenvalue weighted by molar-refractivity contribution is 7.89. The lowest BCUT2D eigenvalue weighted by atomic mass is 10.2. The SMILES string of the molecule is CCS(=O)(=O)N(C)CCCNC(=O)/C=C\c1cc(OC)cc(OC)c1. The lowest BCUT2D eigenvalue weighted by Crippen LogP contribution is -2.32. The normalized spacial score (nSPS) is 11.7. The number of amides is 1. The molecule has 25 heavy (non-hydrogen) atoms. The summed E-state index contributed by atoms with van der Waals surface area (Å²) >= 11 is 0. The molecule has 0 aromatic heterocycles. The van der Waals surface area contributed by atoms with Gasteiger partial charge in [0.1, 0.15) is 11.5 Å². The molecule has 1 aromatic rings. The average molecular weight is 370 g/mol. The maximum absolute atomic E-state index is 11.8. The fourth-order valence-corrected chi connectivity index (χ4v) is 2.88. The minimum atomic E-state index is -3.18. The number of carbonyl (C=O) groups is 1. The van der Waals surface area contributed by atoms with Crippen molar-refractivity contribution in [2.75, 3.05) is 40.1 Å². The second-order valence-corrected chi connectivity index (χ2v) is 7.71. The molecule has 0 aliphatic heterocycles. The van der Waals surface area contributed by atoms with Gasteiger partial charge in [-0.05, 0) is 37.1 Å². The highest BCUT2D eigenvalue weighted by Gasteiger charge is 2.13. The average Bonchev–Trinajstić information content (AvgIpc) is 2.62. The lowest BCUT2D eigenvalue weighted by molar-refractivity contribution is -0.116. The summed E-state index contributed by atoms with van der Waals surface area (Å²) < 4.78 is 34.8. The molecule has 1 aromatic carbocycles. The van der Waals surface area contributed by atoms with Crippen LogP contribution in [0.4, 0.5) is 0 Å². The minimum Gasteiger partial charge on any atom is -0.497 e. The van der Waals surface area contributed by atoms with Gasteiger partial charge < -0.3 is 14.8 Å². The van der Waals surface area contributed by atoms with Crippen molar-refractivity contribution < 1.29 is 22.7 Å². The molecule has 0 bridgehead atoms. The smallest absolute Gasteiger partial charge is 0.243 e. The van der Waals surface area contributed by atoms with Crippen LogP contribution < -0.4 is 14.8 Å². The second-order valence-electron chi connectivity index (χ2n) is 5.35. The number of carbonyl (C=O) groups excluding carboxylic acids is 1. The van der Waals surface area contributed by atoms with E-state index >= 15 is 0 Å². The highest BCUT2D eigenvalue weighted by atomic mass is 32.2. The van der Waals surface area contributed by atoms with Gasteiger partial charge in [0.15, 0.2) is 0 Å². The second kappa shape index (κ2) is 10.0. The number of benzene rings is 1. The van der Waals surface area contributed by atoms with Gasteiger partial charge in [-0.1, -0.05) is 0 Å². The first-order valence-corrected chi connectivity index (χ1v) is 9.56. The summed E-state index contributed by atoms with van der Waals surface area (Å²) in [6, 6.07) is 5.33. The monoisotopic (exact) mass is 370 g/mol. The van der Waals surface area contributed by atoms with Crippen LogP contribution in [-0.4, -0.2) is 58.7 Å². The van der Waals surface area contributed by atoms with Gasteiger partial charge in [0.25, 0.3) is 0 Å². The summed E-state index contributed by atoms with van der Waals surface area (Å²) in [5.41, 5.74) is 0.778. The molecule has 0 fully saturated rings. The van der Waals surface area contributed by atoms with E-state index in [1.807, 2.05) is 0 Å². The maximum Gasteiger partial charge on any atom is 0.243 e. The Labute approximate surface area is 149 Å². The van der Waals surface area contributed by atoms with Gasteiger partial charge in [0.2, 0.25) is 15.9 Å². The van der Waals surface area contributed by atoms with Gasteiger partial charge in [-0.2, -0.15) is 0 Å². The van der Waals surface area contributed by atoms with Crippen molar-refractivity contribution in [3.8, 4) is 11.5 Å². The molecule has 0 radical (unpaired) electrons. The van der Waals surface area contributed by atoms with Gasteiger partial charge in [-0.25, -0.2) is 12.7 Å². The minimum absolute atomic E-state index is 0.0720. The summed E-state index contributed by atoms with van der Waals surface area (Å²) in [6.07, 6.45) is 3.62. The third-order valence-corrected chi connectivity index (χ3v) is 5.45. The molecular weight excluding hydrogens is 344 g/mol. The maximum atomic E-state index is 11.8. The van der Waals surface area contributed by atoms with Crippen molar-refractivity contribution in [3.05, 3.63) is 29.8 Å². The molecule has 0 saturated carbocycles. The third kappa shape index (κ3) is 7.15. The zero-order chi connectivity index (χ0) is 18.9. The van der Waals surface area contributed by atoms with Crippen molar-refractivity contribution in [2.24, 2.45) is 0 Å². The van der Waals surface area contributed by atoms with Crippen LogP contribution in [0.25, 0.3) is 6.08 Å². The molecule has 140 valence electrons. The van der Waals surface area contributed by atoms with E-state index in [9.17, 15) is 13.2 Å². The number of nitrogens with one attached hydrogen (secondary N) is 1. The Bertz CT molecular complexity index is 679. The van der Waals surface area contributed by atoms with E-state index in [1.54, 1.807) is 45.4 Å². The van der Waals surface area contributed by atoms with E-state index in [-0.39, 0.29) is 11.7 Å². The number of hydrogen-bond acceptors (Lipinski definition) is 5. The fraction of sp³-hybridized carbons (Fsp3) is 0.471. The molecule has 0 unspecified atom stereocenters. The van der Waals surface area contributed by atoms with Crippen LogP contribution in [0.3, 0.4) is 0 Å². The van der Waals surface area contributed by atoms with Crippen molar-refractivity contribution in [2.45, 2.75) is 13.3 Å². The predicted octanol–water partition coefficient (Wildman–Crippen LogP) is 1.50. The number of ether oxygens (including phenoxy) is 2. The molecule has 7 nitrogen and oxygen atoms in total. The quantitative estimate of drug-likeness (QED) is 0.498. The molecule has 1 rings (SSSR count). The van der Waals surface area contributed by atoms with Gasteiger partial charge >= 0.3 is 0 Å². The molecule has 0 atom stereocenters. The molecular formula is C17H26N2O5S. The Morgan fingerprint density at radius 2 is 1.80 bits per heavy atom. The van der Waals surface area contributed by atoms with E-state index in [2.05, 4.69) is 5.32 Å². The molecule has 1 amide bonds. The van der Waals surface area contributed by atoms with Crippen molar-refractivity contribution in [3.63, 3.8) is 0 Å². The topological polar surface area (TPSA) is 84.9 Å². The van der Waals surface area contributed by atoms with E-state index in [1.165, 1.54) is 17.4 Å². The van der Waals surface area contributed by atoms with E-state index in [0.717, 1.165) is 5.56 Å². The highest BCUT2D eigenvalue weighted by Crippen LogP contribution is 2.23. The first kappa shape index (κ1) is 21.0. The number of methoxy groups -OCH3 is 2. The van der Waals surface area contributed by atoms with Crippen LogP contribution in [0.5, 0.6) is 11.5 Å². The summed E-state index contributed by atoms with van der Waals surface area (Å²) in [5.74, 6) is 1.10. The van der Waals surface area contributed by atoms with Crippen LogP contribution in [-0.2, 0) is 14.8 Å². The van der Waals surface area contributed by atoms with E-state index < -0.39 is 10.0 Å². The molecule has 8 heteroatoms. The van der Waals surface area contributed by atoms with E-state index in [0.29, 0.717) is 31.0 Å². The lowest BCUT2D eigenvalue weighted by Gasteiger charge is -2.15. The Kier molecular flexibility index (Phi) is 8.44. The van der Waals surface area contributed by atoms with Crippen LogP contribution in [0.15, 0.2) is 24.3 Å². The standard InChI is InChI=1S/C17H26N2O5S/c1-5-25(21,22)19(2)10-6-9-18-17(20)8-7-14-11-15(23-3)13-16(12-14)24-4/h7-8,11-13H,5-6,9-10H2,1-4H3,(H,18,20)/b8-7-. The number of nitrogens with zero attached hydrogens (tertiary/aromatic N) is 1. The van der Waals surface area contributed by atoms with Gasteiger partial charge in [-0.3, -0.25) is 4.79 Å². The van der Waals surface area contributed by atoms with Crippen molar-refractivity contribution in [1.29, 1.82) is 0 Å². The zero-order valence-corrected chi connectivity index (χ0v) is 15.9. The van der Waals surface area contributed by atoms with Crippen LogP contribution in [0.2, 0.25) is 0 Å². The number of hydrogen-bond donors (Lipinski definition) is 1. The molecule has 0 saturated heterocycles. The van der Waals surface area contributed by atoms with Crippen LogP contribution >= 0.6 is 0 Å². The molecule has 0 aliphatic carbocycles. The summed E-state index contributed by atoms with van der Waals surface area (Å²) in [7, 11) is 1.48. The van der Waals surface area contributed by atoms with Crippen molar-refractivity contribution in [1.82, 2.24) is 9.62 Å². The zero-order valence-electron chi connectivity index (χ0n) is 15.1. The Balaban J connectivity index is 2.48. The predicted molar refractivity (Wildman–Crippen MR) is 98.3 cm³/mol. The summed E-state index contributed by atoms with van der Waals surface area (Å²) in [6.45, 7) is 2.37. The van der Waals surface area contributed by atoms with Crippen LogP contribution in [0, 0.1) is 0 Å². The molecule has 1 N–H and O–H groups in total. The summed E-state index contributed by atoms with van der Waals surface area (Å²) in [5, 5.41) is 2.73. The van der Waals surface area contributed by atoms with Gasteiger partial charge in [0, 0.05) is 32.3 Å². The Morgan fingerprint density at radius 3 is 2.32 bits per heavy atom. The Morgan fingerprint density at radius 1 is 1.20 bits per heavy atom. The van der Waals surface area contributed by atoms with Gasteiger partial charge in [-0.15, -0.1) is 0 Å². The van der Waals surface area contributed by atoms with Gasteiger partial charge in [0.05, 0.1) is 20.0 Å². The first-order chi connectivity index (χ1) is 11.8. The van der Waals surface area contributed by atoms with Crippen LogP contribution in [0.1, 0.15) is 18.9 Å². The van der Waals surface area contributed by atoms with E-state index in [4.69, 9.17) is 9.47 Å². The molecule has 0 heterocycles. The van der Waals surface area contributed by atoms with Crippen molar-refractivity contribution >= 4 is 22.0 Å². The molecule has 0 spiro atoms. The Hall–Kier alpha value is -2.06. The largest absolute Gasteiger partial charge is 0.497 e. The number of sulfonamides is 1.